The van der Waals surface area contributed by atoms with Crippen molar-refractivity contribution in [2.75, 3.05) is 11.9 Å². The molecule has 0 unspecified atom stereocenters. The molecular formula is C28H23ClN4O4. The predicted octanol–water partition coefficient (Wildman–Crippen LogP) is 4.85. The van der Waals surface area contributed by atoms with Crippen molar-refractivity contribution in [2.45, 2.75) is 43.0 Å². The molecule has 9 heteroatoms. The van der Waals surface area contributed by atoms with Crippen LogP contribution in [-0.2, 0) is 16.9 Å². The molecule has 8 nitrogen and oxygen atoms in total. The fourth-order valence-corrected chi connectivity index (χ4v) is 6.77. The van der Waals surface area contributed by atoms with Crippen LogP contribution in [0.15, 0.2) is 66.7 Å². The smallest absolute Gasteiger partial charge is 0.256 e. The second-order valence-electron chi connectivity index (χ2n) is 9.67. The number of nitriles is 1. The third kappa shape index (κ3) is 3.42. The predicted molar refractivity (Wildman–Crippen MR) is 137 cm³/mol. The topological polar surface area (TPSA) is 108 Å². The SMILES string of the molecule is N#Cc1ccccc1COc1ccc([C@H]2[C@H]([N+](=O)[O-])[C@@]3(C(=O)Nc4ccccc43)N3CCC[C@@H]23)cc1Cl. The Kier molecular flexibility index (Phi) is 5.63. The Balaban J connectivity index is 1.37. The molecule has 1 spiro atoms. The van der Waals surface area contributed by atoms with E-state index in [0.717, 1.165) is 18.4 Å². The number of benzene rings is 3. The number of nitro groups is 1. The van der Waals surface area contributed by atoms with Gasteiger partial charge >= 0.3 is 0 Å². The third-order valence-electron chi connectivity index (χ3n) is 7.96. The summed E-state index contributed by atoms with van der Waals surface area (Å²) >= 11 is 6.63. The van der Waals surface area contributed by atoms with Gasteiger partial charge in [0.15, 0.2) is 5.54 Å². The Morgan fingerprint density at radius 3 is 2.76 bits per heavy atom. The van der Waals surface area contributed by atoms with Crippen LogP contribution < -0.4 is 10.1 Å². The molecule has 3 aromatic rings. The summed E-state index contributed by atoms with van der Waals surface area (Å²) in [5.41, 5.74) is 1.90. The molecular weight excluding hydrogens is 492 g/mol. The number of carbonyl (C=O) groups is 1. The summed E-state index contributed by atoms with van der Waals surface area (Å²) in [6, 6.07) is 20.5. The molecule has 6 rings (SSSR count). The van der Waals surface area contributed by atoms with Crippen LogP contribution in [0.1, 0.15) is 41.0 Å². The van der Waals surface area contributed by atoms with Crippen LogP contribution in [0.2, 0.25) is 5.02 Å². The number of ether oxygens (including phenoxy) is 1. The quantitative estimate of drug-likeness (QED) is 0.385. The van der Waals surface area contributed by atoms with Gasteiger partial charge in [0.25, 0.3) is 11.9 Å². The molecule has 2 fully saturated rings. The molecule has 4 atom stereocenters. The van der Waals surface area contributed by atoms with Gasteiger partial charge in [0, 0.05) is 34.3 Å². The molecule has 0 radical (unpaired) electrons. The maximum Gasteiger partial charge on any atom is 0.256 e. The van der Waals surface area contributed by atoms with Gasteiger partial charge in [-0.2, -0.15) is 5.26 Å². The van der Waals surface area contributed by atoms with Crippen molar-refractivity contribution in [3.05, 3.63) is 104 Å². The van der Waals surface area contributed by atoms with Crippen molar-refractivity contribution < 1.29 is 14.5 Å². The van der Waals surface area contributed by atoms with Crippen molar-refractivity contribution in [2.24, 2.45) is 0 Å². The number of fused-ring (bicyclic) bond motifs is 4. The normalized spacial score (nSPS) is 25.9. The number of carbonyl (C=O) groups excluding carboxylic acids is 1. The van der Waals surface area contributed by atoms with Gasteiger partial charge in [0.1, 0.15) is 12.4 Å². The summed E-state index contributed by atoms with van der Waals surface area (Å²) in [7, 11) is 0. The molecule has 186 valence electrons. The van der Waals surface area contributed by atoms with E-state index in [-0.39, 0.29) is 23.5 Å². The fraction of sp³-hybridized carbons (Fsp3) is 0.286. The van der Waals surface area contributed by atoms with E-state index < -0.39 is 17.5 Å². The first-order valence-corrected chi connectivity index (χ1v) is 12.6. The van der Waals surface area contributed by atoms with E-state index >= 15 is 0 Å². The van der Waals surface area contributed by atoms with Crippen LogP contribution in [0.25, 0.3) is 0 Å². The monoisotopic (exact) mass is 514 g/mol. The number of anilines is 1. The van der Waals surface area contributed by atoms with Crippen molar-refractivity contribution in [3.63, 3.8) is 0 Å². The summed E-state index contributed by atoms with van der Waals surface area (Å²) in [4.78, 5) is 28.0. The van der Waals surface area contributed by atoms with Crippen LogP contribution in [0.5, 0.6) is 5.75 Å². The van der Waals surface area contributed by atoms with Crippen molar-refractivity contribution in [3.8, 4) is 11.8 Å². The first-order chi connectivity index (χ1) is 18.0. The van der Waals surface area contributed by atoms with Crippen LogP contribution >= 0.6 is 11.6 Å². The van der Waals surface area contributed by atoms with Crippen LogP contribution in [0, 0.1) is 21.4 Å². The highest BCUT2D eigenvalue weighted by atomic mass is 35.5. The second kappa shape index (κ2) is 8.87. The molecule has 0 aromatic heterocycles. The van der Waals surface area contributed by atoms with E-state index in [4.69, 9.17) is 16.3 Å². The van der Waals surface area contributed by atoms with Crippen molar-refractivity contribution in [1.82, 2.24) is 4.90 Å². The molecule has 2 saturated heterocycles. The molecule has 1 amide bonds. The van der Waals surface area contributed by atoms with E-state index in [1.54, 1.807) is 30.3 Å². The molecule has 3 heterocycles. The highest BCUT2D eigenvalue weighted by Crippen LogP contribution is 2.58. The average Bonchev–Trinajstić information content (AvgIpc) is 3.56. The molecule has 1 N–H and O–H groups in total. The van der Waals surface area contributed by atoms with E-state index in [1.807, 2.05) is 41.3 Å². The van der Waals surface area contributed by atoms with Gasteiger partial charge in [-0.05, 0) is 42.7 Å². The molecule has 3 aliphatic heterocycles. The highest BCUT2D eigenvalue weighted by Gasteiger charge is 2.73. The number of para-hydroxylation sites is 1. The maximum absolute atomic E-state index is 13.6. The van der Waals surface area contributed by atoms with Gasteiger partial charge in [-0.25, -0.2) is 0 Å². The summed E-state index contributed by atoms with van der Waals surface area (Å²) in [6.45, 7) is 0.778. The lowest BCUT2D eigenvalue weighted by Gasteiger charge is -2.32. The lowest BCUT2D eigenvalue weighted by molar-refractivity contribution is -0.534. The van der Waals surface area contributed by atoms with E-state index in [2.05, 4.69) is 11.4 Å². The zero-order valence-corrected chi connectivity index (χ0v) is 20.5. The minimum Gasteiger partial charge on any atom is -0.487 e. The number of halogens is 1. The van der Waals surface area contributed by atoms with E-state index in [1.165, 1.54) is 0 Å². The number of amides is 1. The number of nitrogens with one attached hydrogen (secondary N) is 1. The Hall–Kier alpha value is -3.93. The van der Waals surface area contributed by atoms with Gasteiger partial charge in [-0.3, -0.25) is 19.8 Å². The third-order valence-corrected chi connectivity index (χ3v) is 8.25. The van der Waals surface area contributed by atoms with Crippen molar-refractivity contribution in [1.29, 1.82) is 5.26 Å². The Morgan fingerprint density at radius 2 is 1.97 bits per heavy atom. The summed E-state index contributed by atoms with van der Waals surface area (Å²) in [6.07, 6.45) is 1.61. The van der Waals surface area contributed by atoms with Crippen LogP contribution in [0.4, 0.5) is 5.69 Å². The minimum absolute atomic E-state index is 0.167. The van der Waals surface area contributed by atoms with Gasteiger partial charge < -0.3 is 10.1 Å². The zero-order chi connectivity index (χ0) is 25.7. The first-order valence-electron chi connectivity index (χ1n) is 12.2. The first kappa shape index (κ1) is 23.5. The van der Waals surface area contributed by atoms with Gasteiger partial charge in [0.2, 0.25) is 0 Å². The zero-order valence-electron chi connectivity index (χ0n) is 19.8. The molecule has 0 aliphatic carbocycles. The summed E-state index contributed by atoms with van der Waals surface area (Å²) < 4.78 is 5.91. The molecule has 0 bridgehead atoms. The minimum atomic E-state index is -1.37. The Labute approximate surface area is 218 Å². The van der Waals surface area contributed by atoms with Crippen molar-refractivity contribution >= 4 is 23.2 Å². The number of nitrogens with zero attached hydrogens (tertiary/aromatic N) is 3. The average molecular weight is 515 g/mol. The summed E-state index contributed by atoms with van der Waals surface area (Å²) in [5, 5.41) is 25.3. The second-order valence-corrected chi connectivity index (χ2v) is 10.1. The highest BCUT2D eigenvalue weighted by molar-refractivity contribution is 6.32. The lowest BCUT2D eigenvalue weighted by Crippen LogP contribution is -2.55. The number of hydrogen-bond donors (Lipinski definition) is 1. The van der Waals surface area contributed by atoms with Gasteiger partial charge in [-0.15, -0.1) is 0 Å². The number of rotatable bonds is 5. The summed E-state index contributed by atoms with van der Waals surface area (Å²) in [5.74, 6) is -0.442. The molecule has 3 aliphatic rings. The standard InChI is InChI=1S/C28H23ClN4O4/c29-21-14-17(11-12-24(21)37-16-19-7-2-1-6-18(19)15-30)25-23-10-5-13-32(23)28(26(25)33(35)36)20-8-3-4-9-22(20)31-27(28)34/h1-4,6-9,11-12,14,23,25-26H,5,10,13,16H2,(H,31,34)/t23-,25+,26-,28-/m0/s1. The largest absolute Gasteiger partial charge is 0.487 e. The molecule has 37 heavy (non-hydrogen) atoms. The van der Waals surface area contributed by atoms with Crippen LogP contribution in [0.3, 0.4) is 0 Å². The van der Waals surface area contributed by atoms with E-state index in [9.17, 15) is 20.2 Å². The van der Waals surface area contributed by atoms with Gasteiger partial charge in [0.05, 0.1) is 22.6 Å². The molecule has 0 saturated carbocycles. The van der Waals surface area contributed by atoms with E-state index in [0.29, 0.717) is 39.7 Å². The van der Waals surface area contributed by atoms with Gasteiger partial charge in [-0.1, -0.05) is 54.1 Å². The Bertz CT molecular complexity index is 1470. The number of hydrogen-bond acceptors (Lipinski definition) is 6. The Morgan fingerprint density at radius 1 is 1.19 bits per heavy atom. The van der Waals surface area contributed by atoms with Crippen LogP contribution in [-0.4, -0.2) is 34.4 Å². The maximum atomic E-state index is 13.6. The molecule has 3 aromatic carbocycles. The fourth-order valence-electron chi connectivity index (χ4n) is 6.53. The lowest BCUT2D eigenvalue weighted by atomic mass is 9.77.